The average molecular weight is 389 g/mol. The molecule has 1 atom stereocenters. The fourth-order valence-electron chi connectivity index (χ4n) is 3.68. The molecule has 1 aliphatic rings. The molecule has 5 nitrogen and oxygen atoms in total. The second-order valence-electron chi connectivity index (χ2n) is 6.77. The third kappa shape index (κ3) is 4.82. The van der Waals surface area contributed by atoms with Crippen LogP contribution in [0.2, 0.25) is 0 Å². The highest BCUT2D eigenvalue weighted by Crippen LogP contribution is 2.31. The first-order valence-electron chi connectivity index (χ1n) is 9.50. The third-order valence-corrected chi connectivity index (χ3v) is 5.81. The lowest BCUT2D eigenvalue weighted by atomic mass is 10.1. The van der Waals surface area contributed by atoms with Gasteiger partial charge in [-0.25, -0.2) is 0 Å². The summed E-state index contributed by atoms with van der Waals surface area (Å²) < 4.78 is 10.7. The summed E-state index contributed by atoms with van der Waals surface area (Å²) >= 11 is 1.70. The van der Waals surface area contributed by atoms with Crippen LogP contribution in [0.4, 0.5) is 0 Å². The molecule has 3 rings (SSSR count). The van der Waals surface area contributed by atoms with Crippen LogP contribution >= 0.6 is 11.3 Å². The van der Waals surface area contributed by atoms with Gasteiger partial charge in [0, 0.05) is 6.54 Å². The smallest absolute Gasteiger partial charge is 0.255 e. The molecule has 1 aliphatic heterocycles. The van der Waals surface area contributed by atoms with Crippen LogP contribution in [0.15, 0.2) is 35.0 Å². The largest absolute Gasteiger partial charge is 0.493 e. The molecule has 2 heterocycles. The lowest BCUT2D eigenvalue weighted by Crippen LogP contribution is -2.38. The number of carbonyl (C=O) groups excluding carboxylic acids is 1. The minimum Gasteiger partial charge on any atom is -0.493 e. The number of hydrogen-bond acceptors (Lipinski definition) is 5. The molecule has 1 saturated heterocycles. The standard InChI is InChI=1S/C21H28N2O3S/c1-25-19-9-7-8-17(20(19)26-2)21(24)22-14-18(16-10-13-27-15-16)23-11-5-3-4-6-12-23/h7-10,13,15,18H,3-6,11-12,14H2,1-2H3,(H,22,24). The van der Waals surface area contributed by atoms with Crippen LogP contribution in [0.5, 0.6) is 11.5 Å². The maximum Gasteiger partial charge on any atom is 0.255 e. The minimum atomic E-state index is -0.138. The van der Waals surface area contributed by atoms with Gasteiger partial charge in [-0.05, 0) is 60.5 Å². The summed E-state index contributed by atoms with van der Waals surface area (Å²) in [5, 5.41) is 7.41. The summed E-state index contributed by atoms with van der Waals surface area (Å²) in [7, 11) is 3.13. The van der Waals surface area contributed by atoms with E-state index in [1.165, 1.54) is 31.2 Å². The van der Waals surface area contributed by atoms with Gasteiger partial charge in [-0.15, -0.1) is 0 Å². The predicted octanol–water partition coefficient (Wildman–Crippen LogP) is 4.11. The number of nitrogens with zero attached hydrogens (tertiary/aromatic N) is 1. The summed E-state index contributed by atoms with van der Waals surface area (Å²) in [6.07, 6.45) is 5.02. The molecular weight excluding hydrogens is 360 g/mol. The molecule has 6 heteroatoms. The van der Waals surface area contributed by atoms with Crippen LogP contribution in [-0.4, -0.2) is 44.7 Å². The lowest BCUT2D eigenvalue weighted by molar-refractivity contribution is 0.0929. The van der Waals surface area contributed by atoms with Gasteiger partial charge in [0.1, 0.15) is 0 Å². The molecule has 1 fully saturated rings. The molecule has 1 aromatic carbocycles. The van der Waals surface area contributed by atoms with Crippen molar-refractivity contribution in [3.05, 3.63) is 46.2 Å². The fraction of sp³-hybridized carbons (Fsp3) is 0.476. The number of ether oxygens (including phenoxy) is 2. The van der Waals surface area contributed by atoms with Crippen molar-refractivity contribution in [3.8, 4) is 11.5 Å². The van der Waals surface area contributed by atoms with Gasteiger partial charge in [0.25, 0.3) is 5.91 Å². The summed E-state index contributed by atoms with van der Waals surface area (Å²) in [6.45, 7) is 2.74. The van der Waals surface area contributed by atoms with E-state index in [1.54, 1.807) is 43.8 Å². The van der Waals surface area contributed by atoms with E-state index >= 15 is 0 Å². The molecule has 1 N–H and O–H groups in total. The van der Waals surface area contributed by atoms with E-state index in [0.29, 0.717) is 23.6 Å². The Morgan fingerprint density at radius 1 is 1.15 bits per heavy atom. The first-order valence-corrected chi connectivity index (χ1v) is 10.4. The predicted molar refractivity (Wildman–Crippen MR) is 109 cm³/mol. The highest BCUT2D eigenvalue weighted by molar-refractivity contribution is 7.07. The lowest BCUT2D eigenvalue weighted by Gasteiger charge is -2.30. The van der Waals surface area contributed by atoms with Crippen molar-refractivity contribution >= 4 is 17.2 Å². The van der Waals surface area contributed by atoms with Gasteiger partial charge in [-0.2, -0.15) is 11.3 Å². The molecular formula is C21H28N2O3S. The zero-order valence-corrected chi connectivity index (χ0v) is 16.9. The molecule has 0 radical (unpaired) electrons. The Morgan fingerprint density at radius 2 is 1.93 bits per heavy atom. The molecule has 0 saturated carbocycles. The van der Waals surface area contributed by atoms with Gasteiger partial charge in [-0.1, -0.05) is 18.9 Å². The Balaban J connectivity index is 1.74. The minimum absolute atomic E-state index is 0.138. The van der Waals surface area contributed by atoms with Crippen molar-refractivity contribution in [2.75, 3.05) is 33.9 Å². The van der Waals surface area contributed by atoms with Crippen LogP contribution in [0, 0.1) is 0 Å². The Kier molecular flexibility index (Phi) is 7.12. The number of nitrogens with one attached hydrogen (secondary N) is 1. The van der Waals surface area contributed by atoms with E-state index < -0.39 is 0 Å². The molecule has 0 bridgehead atoms. The van der Waals surface area contributed by atoms with Crippen LogP contribution in [-0.2, 0) is 0 Å². The number of hydrogen-bond donors (Lipinski definition) is 1. The number of amides is 1. The molecule has 1 amide bonds. The van der Waals surface area contributed by atoms with E-state index in [2.05, 4.69) is 27.0 Å². The van der Waals surface area contributed by atoms with E-state index in [0.717, 1.165) is 13.1 Å². The first-order chi connectivity index (χ1) is 13.2. The van der Waals surface area contributed by atoms with E-state index in [-0.39, 0.29) is 11.9 Å². The van der Waals surface area contributed by atoms with Crippen LogP contribution in [0.1, 0.15) is 47.6 Å². The van der Waals surface area contributed by atoms with Gasteiger partial charge in [0.05, 0.1) is 25.8 Å². The molecule has 1 unspecified atom stereocenters. The van der Waals surface area contributed by atoms with Crippen LogP contribution in [0.25, 0.3) is 0 Å². The molecule has 27 heavy (non-hydrogen) atoms. The maximum absolute atomic E-state index is 12.9. The van der Waals surface area contributed by atoms with E-state index in [1.807, 2.05) is 0 Å². The van der Waals surface area contributed by atoms with Crippen molar-refractivity contribution in [1.29, 1.82) is 0 Å². The van der Waals surface area contributed by atoms with Crippen molar-refractivity contribution in [1.82, 2.24) is 10.2 Å². The summed E-state index contributed by atoms with van der Waals surface area (Å²) in [6, 6.07) is 7.73. The Bertz CT molecular complexity index is 725. The Hall–Kier alpha value is -2.05. The number of para-hydroxylation sites is 1. The summed E-state index contributed by atoms with van der Waals surface area (Å²) in [4.78, 5) is 15.4. The SMILES string of the molecule is COc1cccc(C(=O)NCC(c2ccsc2)N2CCCCCC2)c1OC. The number of rotatable bonds is 7. The maximum atomic E-state index is 12.9. The van der Waals surface area contributed by atoms with Gasteiger partial charge in [-0.3, -0.25) is 9.69 Å². The highest BCUT2D eigenvalue weighted by Gasteiger charge is 2.24. The van der Waals surface area contributed by atoms with Crippen molar-refractivity contribution in [2.45, 2.75) is 31.7 Å². The van der Waals surface area contributed by atoms with Gasteiger partial charge < -0.3 is 14.8 Å². The molecule has 2 aromatic rings. The molecule has 0 aliphatic carbocycles. The number of methoxy groups -OCH3 is 2. The third-order valence-electron chi connectivity index (χ3n) is 5.11. The zero-order valence-electron chi connectivity index (χ0n) is 16.1. The second-order valence-corrected chi connectivity index (χ2v) is 7.55. The summed E-state index contributed by atoms with van der Waals surface area (Å²) in [5.41, 5.74) is 1.77. The first kappa shape index (κ1) is 19.7. The Labute approximate surface area is 165 Å². The number of likely N-dealkylation sites (tertiary alicyclic amines) is 1. The summed E-state index contributed by atoms with van der Waals surface area (Å²) in [5.74, 6) is 0.896. The van der Waals surface area contributed by atoms with Gasteiger partial charge in [0.2, 0.25) is 0 Å². The number of thiophene rings is 1. The Morgan fingerprint density at radius 3 is 2.56 bits per heavy atom. The van der Waals surface area contributed by atoms with Crippen molar-refractivity contribution < 1.29 is 14.3 Å². The second kappa shape index (κ2) is 9.76. The normalized spacial score (nSPS) is 16.4. The van der Waals surface area contributed by atoms with Gasteiger partial charge >= 0.3 is 0 Å². The number of carbonyl (C=O) groups is 1. The molecule has 1 aromatic heterocycles. The fourth-order valence-corrected chi connectivity index (χ4v) is 4.39. The van der Waals surface area contributed by atoms with Crippen LogP contribution < -0.4 is 14.8 Å². The van der Waals surface area contributed by atoms with Gasteiger partial charge in [0.15, 0.2) is 11.5 Å². The quantitative estimate of drug-likeness (QED) is 0.775. The topological polar surface area (TPSA) is 50.8 Å². The zero-order chi connectivity index (χ0) is 19.1. The molecule has 0 spiro atoms. The van der Waals surface area contributed by atoms with E-state index in [9.17, 15) is 4.79 Å². The number of benzene rings is 1. The average Bonchev–Trinajstić information content (AvgIpc) is 3.10. The highest BCUT2D eigenvalue weighted by atomic mass is 32.1. The van der Waals surface area contributed by atoms with E-state index in [4.69, 9.17) is 9.47 Å². The monoisotopic (exact) mass is 388 g/mol. The van der Waals surface area contributed by atoms with Crippen LogP contribution in [0.3, 0.4) is 0 Å². The molecule has 146 valence electrons. The van der Waals surface area contributed by atoms with Crippen molar-refractivity contribution in [3.63, 3.8) is 0 Å². The van der Waals surface area contributed by atoms with Crippen molar-refractivity contribution in [2.24, 2.45) is 0 Å².